The maximum atomic E-state index is 12.4. The van der Waals surface area contributed by atoms with Crippen molar-refractivity contribution in [2.45, 2.75) is 38.8 Å². The smallest absolute Gasteiger partial charge is 0.229 e. The van der Waals surface area contributed by atoms with E-state index in [1.54, 1.807) is 18.3 Å². The van der Waals surface area contributed by atoms with Gasteiger partial charge in [-0.15, -0.1) is 12.4 Å². The second kappa shape index (κ2) is 7.45. The van der Waals surface area contributed by atoms with Gasteiger partial charge in [0.2, 0.25) is 5.91 Å². The third kappa shape index (κ3) is 4.08. The molecule has 20 heavy (non-hydrogen) atoms. The molecule has 0 bridgehead atoms. The topological polar surface area (TPSA) is 68.5 Å². The van der Waals surface area contributed by atoms with Crippen molar-refractivity contribution in [2.24, 2.45) is 0 Å². The second-order valence-corrected chi connectivity index (χ2v) is 5.01. The van der Waals surface area contributed by atoms with Gasteiger partial charge in [-0.3, -0.25) is 9.78 Å². The summed E-state index contributed by atoms with van der Waals surface area (Å²) < 4.78 is 5.60. The Bertz CT molecular complexity index is 439. The third-order valence-corrected chi connectivity index (χ3v) is 3.44. The fourth-order valence-electron chi connectivity index (χ4n) is 2.28. The minimum absolute atomic E-state index is 0. The molecule has 0 spiro atoms. The van der Waals surface area contributed by atoms with Gasteiger partial charge in [0.1, 0.15) is 0 Å². The molecule has 2 N–H and O–H groups in total. The molecule has 1 amide bonds. The van der Waals surface area contributed by atoms with Gasteiger partial charge in [-0.05, 0) is 25.5 Å². The summed E-state index contributed by atoms with van der Waals surface area (Å²) in [6, 6.07) is 3.75. The Labute approximate surface area is 125 Å². The van der Waals surface area contributed by atoms with Crippen LogP contribution in [0.4, 0.5) is 5.69 Å². The third-order valence-electron chi connectivity index (χ3n) is 3.44. The van der Waals surface area contributed by atoms with Crippen LogP contribution in [0.3, 0.4) is 0 Å². The van der Waals surface area contributed by atoms with Crippen molar-refractivity contribution in [1.29, 1.82) is 0 Å². The van der Waals surface area contributed by atoms with Crippen LogP contribution in [0, 0.1) is 0 Å². The molecule has 0 saturated carbocycles. The van der Waals surface area contributed by atoms with E-state index in [4.69, 9.17) is 10.5 Å². The van der Waals surface area contributed by atoms with Gasteiger partial charge in [0.05, 0.1) is 37.1 Å². The van der Waals surface area contributed by atoms with E-state index in [0.29, 0.717) is 25.3 Å². The van der Waals surface area contributed by atoms with Crippen molar-refractivity contribution in [2.75, 3.05) is 18.9 Å². The van der Waals surface area contributed by atoms with Gasteiger partial charge in [0, 0.05) is 12.2 Å². The molecule has 1 aromatic heterocycles. The maximum Gasteiger partial charge on any atom is 0.229 e. The maximum absolute atomic E-state index is 12.4. The van der Waals surface area contributed by atoms with Crippen LogP contribution in [0.1, 0.15) is 26.0 Å². The molecule has 6 heteroatoms. The molecule has 2 unspecified atom stereocenters. The lowest BCUT2D eigenvalue weighted by molar-refractivity contribution is -0.143. The van der Waals surface area contributed by atoms with E-state index < -0.39 is 0 Å². The molecule has 2 rings (SSSR count). The molecule has 0 radical (unpaired) electrons. The van der Waals surface area contributed by atoms with Gasteiger partial charge in [-0.1, -0.05) is 6.92 Å². The van der Waals surface area contributed by atoms with Crippen molar-refractivity contribution < 1.29 is 9.53 Å². The normalized spacial score (nSPS) is 22.2. The van der Waals surface area contributed by atoms with Crippen LogP contribution in [0.15, 0.2) is 18.3 Å². The summed E-state index contributed by atoms with van der Waals surface area (Å²) in [5, 5.41) is 0. The van der Waals surface area contributed by atoms with Crippen LogP contribution in [-0.2, 0) is 16.0 Å². The quantitative estimate of drug-likeness (QED) is 0.921. The van der Waals surface area contributed by atoms with E-state index in [1.165, 1.54) is 0 Å². The fourth-order valence-corrected chi connectivity index (χ4v) is 2.28. The molecule has 2 heterocycles. The van der Waals surface area contributed by atoms with Gasteiger partial charge in [0.15, 0.2) is 0 Å². The van der Waals surface area contributed by atoms with Crippen LogP contribution in [0.25, 0.3) is 0 Å². The molecule has 1 aliphatic heterocycles. The molecule has 1 aliphatic rings. The van der Waals surface area contributed by atoms with E-state index in [2.05, 4.69) is 11.9 Å². The molecule has 1 aromatic rings. The molecule has 112 valence electrons. The van der Waals surface area contributed by atoms with Crippen LogP contribution >= 0.6 is 12.4 Å². The number of aromatic nitrogens is 1. The van der Waals surface area contributed by atoms with E-state index in [1.807, 2.05) is 11.8 Å². The molecule has 1 saturated heterocycles. The van der Waals surface area contributed by atoms with Gasteiger partial charge in [0.25, 0.3) is 0 Å². The average Bonchev–Trinajstić information content (AvgIpc) is 2.41. The number of morpholine rings is 1. The van der Waals surface area contributed by atoms with Crippen LogP contribution in [0.5, 0.6) is 0 Å². The number of nitrogens with two attached hydrogens (primary N) is 1. The lowest BCUT2D eigenvalue weighted by atomic mass is 10.1. The summed E-state index contributed by atoms with van der Waals surface area (Å²) >= 11 is 0. The number of hydrogen-bond donors (Lipinski definition) is 1. The van der Waals surface area contributed by atoms with E-state index in [0.717, 1.165) is 12.1 Å². The highest BCUT2D eigenvalue weighted by atomic mass is 35.5. The van der Waals surface area contributed by atoms with Crippen molar-refractivity contribution in [3.8, 4) is 0 Å². The number of anilines is 1. The fraction of sp³-hybridized carbons (Fsp3) is 0.571. The Hall–Kier alpha value is -1.33. The molecule has 1 fully saturated rings. The van der Waals surface area contributed by atoms with E-state index in [9.17, 15) is 4.79 Å². The number of pyridine rings is 1. The number of rotatable bonds is 3. The van der Waals surface area contributed by atoms with E-state index >= 15 is 0 Å². The summed E-state index contributed by atoms with van der Waals surface area (Å²) in [7, 11) is 0. The first kappa shape index (κ1) is 16.7. The zero-order valence-electron chi connectivity index (χ0n) is 11.9. The zero-order chi connectivity index (χ0) is 13.8. The number of halogens is 1. The highest BCUT2D eigenvalue weighted by Gasteiger charge is 2.29. The minimum Gasteiger partial charge on any atom is -0.397 e. The van der Waals surface area contributed by atoms with Gasteiger partial charge in [-0.25, -0.2) is 0 Å². The van der Waals surface area contributed by atoms with Crippen molar-refractivity contribution in [3.63, 3.8) is 0 Å². The van der Waals surface area contributed by atoms with Crippen molar-refractivity contribution >= 4 is 24.0 Å². The number of ether oxygens (including phenoxy) is 1. The number of hydrogen-bond acceptors (Lipinski definition) is 4. The first-order valence-electron chi connectivity index (χ1n) is 6.71. The van der Waals surface area contributed by atoms with Crippen LogP contribution in [0.2, 0.25) is 0 Å². The average molecular weight is 300 g/mol. The Morgan fingerprint density at radius 2 is 2.30 bits per heavy atom. The molecular formula is C14H22ClN3O2. The number of nitrogen functional groups attached to an aromatic ring is 1. The molecule has 2 atom stereocenters. The summed E-state index contributed by atoms with van der Waals surface area (Å²) in [5.74, 6) is 0.110. The van der Waals surface area contributed by atoms with Gasteiger partial charge >= 0.3 is 0 Å². The molecule has 0 aliphatic carbocycles. The lowest BCUT2D eigenvalue weighted by Gasteiger charge is -2.38. The summed E-state index contributed by atoms with van der Waals surface area (Å²) in [6.45, 7) is 5.35. The number of nitrogens with zero attached hydrogens (tertiary/aromatic N) is 2. The van der Waals surface area contributed by atoms with E-state index in [-0.39, 0.29) is 30.5 Å². The van der Waals surface area contributed by atoms with Crippen molar-refractivity contribution in [1.82, 2.24) is 9.88 Å². The predicted molar refractivity (Wildman–Crippen MR) is 80.8 cm³/mol. The zero-order valence-corrected chi connectivity index (χ0v) is 12.7. The van der Waals surface area contributed by atoms with Gasteiger partial charge in [-0.2, -0.15) is 0 Å². The van der Waals surface area contributed by atoms with Crippen LogP contribution < -0.4 is 5.73 Å². The Morgan fingerprint density at radius 1 is 1.55 bits per heavy atom. The van der Waals surface area contributed by atoms with Gasteiger partial charge < -0.3 is 15.4 Å². The number of carbonyl (C=O) groups excluding carboxylic acids is 1. The molecular weight excluding hydrogens is 278 g/mol. The summed E-state index contributed by atoms with van der Waals surface area (Å²) in [6.07, 6.45) is 2.92. The first-order valence-corrected chi connectivity index (χ1v) is 6.71. The number of carbonyl (C=O) groups is 1. The lowest BCUT2D eigenvalue weighted by Crippen LogP contribution is -2.51. The highest BCUT2D eigenvalue weighted by molar-refractivity contribution is 5.85. The number of amides is 1. The molecule has 5 nitrogen and oxygen atoms in total. The summed E-state index contributed by atoms with van der Waals surface area (Å²) in [4.78, 5) is 18.5. The second-order valence-electron chi connectivity index (χ2n) is 5.01. The van der Waals surface area contributed by atoms with Crippen molar-refractivity contribution in [3.05, 3.63) is 24.0 Å². The SMILES string of the molecule is CCC1COC(C)CN1C(=O)Cc1ccc(N)cn1.Cl. The monoisotopic (exact) mass is 299 g/mol. The predicted octanol–water partition coefficient (Wildman–Crippen LogP) is 1.65. The van der Waals surface area contributed by atoms with Crippen LogP contribution in [-0.4, -0.2) is 41.1 Å². The first-order chi connectivity index (χ1) is 9.10. The largest absolute Gasteiger partial charge is 0.397 e. The Kier molecular flexibility index (Phi) is 6.23. The Balaban J connectivity index is 0.00000200. The summed E-state index contributed by atoms with van der Waals surface area (Å²) in [5.41, 5.74) is 6.96. The Morgan fingerprint density at radius 3 is 2.90 bits per heavy atom. The minimum atomic E-state index is 0. The standard InChI is InChI=1S/C14H21N3O2.ClH/c1-3-13-9-19-10(2)8-17(13)14(18)6-12-5-4-11(15)7-16-12;/h4-5,7,10,13H,3,6,8-9,15H2,1-2H3;1H. The molecule has 0 aromatic carbocycles. The highest BCUT2D eigenvalue weighted by Crippen LogP contribution is 2.16.